The Hall–Kier alpha value is -2.36. The quantitative estimate of drug-likeness (QED) is 0.248. The van der Waals surface area contributed by atoms with E-state index in [2.05, 4.69) is 6.92 Å². The van der Waals surface area contributed by atoms with Crippen molar-refractivity contribution in [2.24, 2.45) is 0 Å². The molecule has 3 rings (SSSR count). The van der Waals surface area contributed by atoms with Gasteiger partial charge in [-0.3, -0.25) is 0 Å². The number of fused-ring (bicyclic) bond motifs is 1. The minimum absolute atomic E-state index is 0.0272. The molecule has 0 fully saturated rings. The zero-order chi connectivity index (χ0) is 18.7. The maximum atomic E-state index is 14.5. The van der Waals surface area contributed by atoms with E-state index in [9.17, 15) is 17.6 Å². The van der Waals surface area contributed by atoms with Crippen LogP contribution in [0, 0.1) is 23.3 Å². The molecule has 26 heavy (non-hydrogen) atoms. The van der Waals surface area contributed by atoms with Crippen molar-refractivity contribution in [3.63, 3.8) is 0 Å². The lowest BCUT2D eigenvalue weighted by atomic mass is 9.98. The van der Waals surface area contributed by atoms with Gasteiger partial charge in [0.2, 0.25) is 0 Å². The van der Waals surface area contributed by atoms with Gasteiger partial charge in [-0.2, -0.15) is 0 Å². The first-order valence-electron chi connectivity index (χ1n) is 8.87. The molecule has 0 saturated heterocycles. The van der Waals surface area contributed by atoms with Crippen molar-refractivity contribution in [3.05, 3.63) is 71.3 Å². The second-order valence-corrected chi connectivity index (χ2v) is 6.55. The summed E-state index contributed by atoms with van der Waals surface area (Å²) >= 11 is 0. The predicted molar refractivity (Wildman–Crippen MR) is 97.1 cm³/mol. The number of unbranched alkanes of at least 4 members (excludes halogenated alkanes) is 3. The fourth-order valence-corrected chi connectivity index (χ4v) is 3.18. The van der Waals surface area contributed by atoms with Crippen LogP contribution in [-0.2, 0) is 6.42 Å². The van der Waals surface area contributed by atoms with Crippen LogP contribution in [-0.4, -0.2) is 0 Å². The predicted octanol–water partition coefficient (Wildman–Crippen LogP) is 7.19. The van der Waals surface area contributed by atoms with Crippen LogP contribution in [0.5, 0.6) is 0 Å². The van der Waals surface area contributed by atoms with E-state index in [0.717, 1.165) is 37.3 Å². The molecule has 3 aromatic carbocycles. The molecule has 0 N–H and O–H groups in total. The molecule has 0 radical (unpaired) electrons. The SMILES string of the molecule is CCCCCCc1ccc(-c2ccc3c(F)c(F)c(F)cc3c2)c(F)c1. The van der Waals surface area contributed by atoms with Crippen LogP contribution < -0.4 is 0 Å². The highest BCUT2D eigenvalue weighted by Crippen LogP contribution is 2.30. The van der Waals surface area contributed by atoms with Crippen LogP contribution in [0.4, 0.5) is 17.6 Å². The number of benzene rings is 3. The topological polar surface area (TPSA) is 0 Å². The second kappa shape index (κ2) is 7.90. The average Bonchev–Trinajstić information content (AvgIpc) is 2.63. The van der Waals surface area contributed by atoms with Gasteiger partial charge in [0.1, 0.15) is 5.82 Å². The van der Waals surface area contributed by atoms with Crippen molar-refractivity contribution in [3.8, 4) is 11.1 Å². The molecule has 136 valence electrons. The van der Waals surface area contributed by atoms with Crippen molar-refractivity contribution >= 4 is 10.8 Å². The molecule has 0 nitrogen and oxygen atoms in total. The highest BCUT2D eigenvalue weighted by molar-refractivity contribution is 5.88. The lowest BCUT2D eigenvalue weighted by Crippen LogP contribution is -1.94. The zero-order valence-corrected chi connectivity index (χ0v) is 14.6. The van der Waals surface area contributed by atoms with E-state index in [1.54, 1.807) is 6.07 Å². The van der Waals surface area contributed by atoms with Crippen LogP contribution in [0.3, 0.4) is 0 Å². The molecule has 0 aliphatic rings. The van der Waals surface area contributed by atoms with Gasteiger partial charge in [0, 0.05) is 10.9 Å². The van der Waals surface area contributed by atoms with Gasteiger partial charge in [0.25, 0.3) is 0 Å². The maximum absolute atomic E-state index is 14.5. The summed E-state index contributed by atoms with van der Waals surface area (Å²) in [7, 11) is 0. The molecule has 3 aromatic rings. The lowest BCUT2D eigenvalue weighted by Gasteiger charge is -2.09. The third-order valence-electron chi connectivity index (χ3n) is 4.64. The maximum Gasteiger partial charge on any atom is 0.195 e. The Labute approximate surface area is 150 Å². The standard InChI is InChI=1S/C22H20F4/c1-2-3-4-5-6-14-7-9-17(19(23)11-14)15-8-10-18-16(12-15)13-20(24)22(26)21(18)25/h7-13H,2-6H2,1H3. The first-order chi connectivity index (χ1) is 12.5. The highest BCUT2D eigenvalue weighted by Gasteiger charge is 2.15. The fourth-order valence-electron chi connectivity index (χ4n) is 3.18. The molecular weight excluding hydrogens is 340 g/mol. The van der Waals surface area contributed by atoms with E-state index in [0.29, 0.717) is 11.1 Å². The van der Waals surface area contributed by atoms with Crippen molar-refractivity contribution < 1.29 is 17.6 Å². The first kappa shape index (κ1) is 18.4. The van der Waals surface area contributed by atoms with Crippen LogP contribution >= 0.6 is 0 Å². The number of hydrogen-bond donors (Lipinski definition) is 0. The summed E-state index contributed by atoms with van der Waals surface area (Å²) in [6.07, 6.45) is 5.29. The molecule has 0 saturated carbocycles. The molecule has 0 aliphatic heterocycles. The van der Waals surface area contributed by atoms with Gasteiger partial charge in [-0.25, -0.2) is 17.6 Å². The van der Waals surface area contributed by atoms with Gasteiger partial charge in [0.15, 0.2) is 17.5 Å². The summed E-state index contributed by atoms with van der Waals surface area (Å²) in [6.45, 7) is 2.14. The van der Waals surface area contributed by atoms with E-state index < -0.39 is 17.5 Å². The number of halogens is 4. The molecule has 0 aliphatic carbocycles. The smallest absolute Gasteiger partial charge is 0.195 e. The van der Waals surface area contributed by atoms with Crippen molar-refractivity contribution in [1.82, 2.24) is 0 Å². The van der Waals surface area contributed by atoms with Gasteiger partial charge in [-0.05, 0) is 47.6 Å². The van der Waals surface area contributed by atoms with E-state index in [4.69, 9.17) is 0 Å². The Morgan fingerprint density at radius 3 is 2.27 bits per heavy atom. The molecule has 0 aromatic heterocycles. The second-order valence-electron chi connectivity index (χ2n) is 6.55. The van der Waals surface area contributed by atoms with Crippen LogP contribution in [0.25, 0.3) is 21.9 Å². The Bertz CT molecular complexity index is 931. The minimum Gasteiger partial charge on any atom is -0.206 e. The number of hydrogen-bond acceptors (Lipinski definition) is 0. The Kier molecular flexibility index (Phi) is 5.60. The van der Waals surface area contributed by atoms with Crippen LogP contribution in [0.15, 0.2) is 42.5 Å². The summed E-state index contributed by atoms with van der Waals surface area (Å²) in [5, 5.41) is 0.169. The minimum atomic E-state index is -1.50. The number of aryl methyl sites for hydroxylation is 1. The monoisotopic (exact) mass is 360 g/mol. The van der Waals surface area contributed by atoms with E-state index in [1.165, 1.54) is 30.7 Å². The Morgan fingerprint density at radius 1 is 0.731 bits per heavy atom. The third kappa shape index (κ3) is 3.74. The van der Waals surface area contributed by atoms with E-state index >= 15 is 0 Å². The van der Waals surface area contributed by atoms with Gasteiger partial charge in [-0.15, -0.1) is 0 Å². The normalized spacial score (nSPS) is 11.3. The largest absolute Gasteiger partial charge is 0.206 e. The highest BCUT2D eigenvalue weighted by atomic mass is 19.2. The van der Waals surface area contributed by atoms with Gasteiger partial charge < -0.3 is 0 Å². The molecular formula is C22H20F4. The molecule has 0 unspecified atom stereocenters. The molecule has 0 amide bonds. The fraction of sp³-hybridized carbons (Fsp3) is 0.273. The molecule has 0 heterocycles. The third-order valence-corrected chi connectivity index (χ3v) is 4.64. The van der Waals surface area contributed by atoms with E-state index in [1.807, 2.05) is 6.07 Å². The molecule has 4 heteroatoms. The van der Waals surface area contributed by atoms with Crippen LogP contribution in [0.1, 0.15) is 38.2 Å². The van der Waals surface area contributed by atoms with Crippen molar-refractivity contribution in [2.45, 2.75) is 39.0 Å². The lowest BCUT2D eigenvalue weighted by molar-refractivity contribution is 0.453. The molecule has 0 atom stereocenters. The Balaban J connectivity index is 1.90. The Morgan fingerprint density at radius 2 is 1.54 bits per heavy atom. The van der Waals surface area contributed by atoms with Gasteiger partial charge in [0.05, 0.1) is 0 Å². The zero-order valence-electron chi connectivity index (χ0n) is 14.6. The summed E-state index contributed by atoms with van der Waals surface area (Å²) in [5.41, 5.74) is 1.79. The first-order valence-corrected chi connectivity index (χ1v) is 8.87. The van der Waals surface area contributed by atoms with Crippen molar-refractivity contribution in [2.75, 3.05) is 0 Å². The van der Waals surface area contributed by atoms with Gasteiger partial charge in [-0.1, -0.05) is 50.5 Å². The molecule has 0 bridgehead atoms. The van der Waals surface area contributed by atoms with E-state index in [-0.39, 0.29) is 16.6 Å². The summed E-state index contributed by atoms with van der Waals surface area (Å²) in [6, 6.07) is 10.3. The number of rotatable bonds is 6. The van der Waals surface area contributed by atoms with Crippen LogP contribution in [0.2, 0.25) is 0 Å². The molecule has 0 spiro atoms. The summed E-state index contributed by atoms with van der Waals surface area (Å²) < 4.78 is 55.1. The summed E-state index contributed by atoms with van der Waals surface area (Å²) in [5.74, 6) is -4.35. The average molecular weight is 360 g/mol. The van der Waals surface area contributed by atoms with Gasteiger partial charge >= 0.3 is 0 Å². The summed E-state index contributed by atoms with van der Waals surface area (Å²) in [4.78, 5) is 0. The van der Waals surface area contributed by atoms with Crippen molar-refractivity contribution in [1.29, 1.82) is 0 Å².